The van der Waals surface area contributed by atoms with Crippen molar-refractivity contribution in [3.8, 4) is 23.0 Å². The highest BCUT2D eigenvalue weighted by atomic mass is 16.5. The van der Waals surface area contributed by atoms with Crippen LogP contribution in [0.4, 0.5) is 0 Å². The fourth-order valence-electron chi connectivity index (χ4n) is 3.14. The Bertz CT molecular complexity index is 972. The summed E-state index contributed by atoms with van der Waals surface area (Å²) in [5.41, 5.74) is 1.89. The summed E-state index contributed by atoms with van der Waals surface area (Å²) >= 11 is 0. The molecule has 0 saturated heterocycles. The summed E-state index contributed by atoms with van der Waals surface area (Å²) in [6, 6.07) is 17.0. The minimum atomic E-state index is -0.319. The lowest BCUT2D eigenvalue weighted by Gasteiger charge is -2.23. The third-order valence-electron chi connectivity index (χ3n) is 4.63. The molecular formula is C24H26N2O5. The van der Waals surface area contributed by atoms with E-state index in [1.54, 1.807) is 26.6 Å². The van der Waals surface area contributed by atoms with E-state index < -0.39 is 0 Å². The van der Waals surface area contributed by atoms with Crippen molar-refractivity contribution in [2.24, 2.45) is 0 Å². The lowest BCUT2D eigenvalue weighted by molar-refractivity contribution is -0.142. The number of methoxy groups -OCH3 is 3. The number of carbonyl (C=O) groups is 1. The molecule has 0 unspecified atom stereocenters. The molecule has 3 rings (SSSR count). The molecule has 0 spiro atoms. The van der Waals surface area contributed by atoms with Crippen LogP contribution in [0.5, 0.6) is 23.0 Å². The molecule has 0 aliphatic heterocycles. The number of rotatable bonds is 10. The number of pyridine rings is 1. The number of benzene rings is 2. The highest BCUT2D eigenvalue weighted by Gasteiger charge is 2.16. The van der Waals surface area contributed by atoms with Crippen molar-refractivity contribution in [1.82, 2.24) is 9.88 Å². The molecule has 0 fully saturated rings. The van der Waals surface area contributed by atoms with E-state index in [0.717, 1.165) is 11.1 Å². The Hall–Kier alpha value is -3.58. The molecule has 1 aromatic heterocycles. The van der Waals surface area contributed by atoms with E-state index in [2.05, 4.69) is 4.98 Å². The Balaban J connectivity index is 1.84. The highest BCUT2D eigenvalue weighted by molar-refractivity contribution is 5.71. The summed E-state index contributed by atoms with van der Waals surface area (Å²) in [6.07, 6.45) is 3.35. The third kappa shape index (κ3) is 6.45. The molecule has 162 valence electrons. The Morgan fingerprint density at radius 2 is 1.65 bits per heavy atom. The van der Waals surface area contributed by atoms with Gasteiger partial charge in [-0.15, -0.1) is 0 Å². The summed E-state index contributed by atoms with van der Waals surface area (Å²) in [5.74, 6) is 2.40. The first kappa shape index (κ1) is 22.1. The molecule has 0 N–H and O–H groups in total. The molecular weight excluding hydrogens is 396 g/mol. The fraction of sp³-hybridized carbons (Fsp3) is 0.250. The SMILES string of the molecule is COC(=O)CN(Cc1cc(OC)cc(OC)c1)Cc1ccccc1Oc1cccnc1. The van der Waals surface area contributed by atoms with Gasteiger partial charge in [0, 0.05) is 30.9 Å². The van der Waals surface area contributed by atoms with E-state index in [4.69, 9.17) is 18.9 Å². The van der Waals surface area contributed by atoms with Gasteiger partial charge < -0.3 is 18.9 Å². The zero-order valence-electron chi connectivity index (χ0n) is 17.9. The van der Waals surface area contributed by atoms with Gasteiger partial charge >= 0.3 is 5.97 Å². The monoisotopic (exact) mass is 422 g/mol. The molecule has 0 saturated carbocycles. The second kappa shape index (κ2) is 11.0. The minimum Gasteiger partial charge on any atom is -0.497 e. The van der Waals surface area contributed by atoms with Crippen LogP contribution in [-0.2, 0) is 22.6 Å². The molecule has 0 aliphatic rings. The lowest BCUT2D eigenvalue weighted by Crippen LogP contribution is -2.30. The van der Waals surface area contributed by atoms with Crippen LogP contribution in [0.2, 0.25) is 0 Å². The summed E-state index contributed by atoms with van der Waals surface area (Å²) in [6.45, 7) is 1.09. The van der Waals surface area contributed by atoms with Gasteiger partial charge in [-0.3, -0.25) is 14.7 Å². The maximum absolute atomic E-state index is 12.1. The van der Waals surface area contributed by atoms with Crippen LogP contribution in [0.1, 0.15) is 11.1 Å². The topological polar surface area (TPSA) is 70.1 Å². The normalized spacial score (nSPS) is 10.6. The van der Waals surface area contributed by atoms with Crippen molar-refractivity contribution in [3.63, 3.8) is 0 Å². The van der Waals surface area contributed by atoms with E-state index in [-0.39, 0.29) is 12.5 Å². The van der Waals surface area contributed by atoms with Gasteiger partial charge in [-0.25, -0.2) is 0 Å². The molecule has 1 heterocycles. The van der Waals surface area contributed by atoms with E-state index in [1.807, 2.05) is 59.5 Å². The average Bonchev–Trinajstić information content (AvgIpc) is 2.80. The number of carbonyl (C=O) groups excluding carboxylic acids is 1. The summed E-state index contributed by atoms with van der Waals surface area (Å²) < 4.78 is 21.7. The molecule has 0 radical (unpaired) electrons. The number of nitrogens with zero attached hydrogens (tertiary/aromatic N) is 2. The van der Waals surface area contributed by atoms with Crippen LogP contribution in [0.25, 0.3) is 0 Å². The van der Waals surface area contributed by atoms with Crippen molar-refractivity contribution >= 4 is 5.97 Å². The van der Waals surface area contributed by atoms with Crippen LogP contribution < -0.4 is 14.2 Å². The first-order valence-corrected chi connectivity index (χ1v) is 9.78. The van der Waals surface area contributed by atoms with Gasteiger partial charge in [0.05, 0.1) is 34.1 Å². The summed E-state index contributed by atoms with van der Waals surface area (Å²) in [7, 11) is 4.60. The second-order valence-corrected chi connectivity index (χ2v) is 6.84. The average molecular weight is 422 g/mol. The molecule has 0 amide bonds. The fourth-order valence-corrected chi connectivity index (χ4v) is 3.14. The van der Waals surface area contributed by atoms with E-state index >= 15 is 0 Å². The van der Waals surface area contributed by atoms with Gasteiger partial charge in [0.15, 0.2) is 0 Å². The largest absolute Gasteiger partial charge is 0.497 e. The smallest absolute Gasteiger partial charge is 0.319 e. The van der Waals surface area contributed by atoms with Crippen molar-refractivity contribution in [2.75, 3.05) is 27.9 Å². The molecule has 0 atom stereocenters. The van der Waals surface area contributed by atoms with Crippen LogP contribution in [0, 0.1) is 0 Å². The van der Waals surface area contributed by atoms with Gasteiger partial charge in [0.2, 0.25) is 0 Å². The van der Waals surface area contributed by atoms with Gasteiger partial charge in [0.25, 0.3) is 0 Å². The van der Waals surface area contributed by atoms with Crippen LogP contribution in [0.3, 0.4) is 0 Å². The van der Waals surface area contributed by atoms with E-state index in [1.165, 1.54) is 7.11 Å². The molecule has 7 heteroatoms. The third-order valence-corrected chi connectivity index (χ3v) is 4.63. The van der Waals surface area contributed by atoms with Crippen LogP contribution in [0.15, 0.2) is 67.0 Å². The van der Waals surface area contributed by atoms with E-state index in [0.29, 0.717) is 36.1 Å². The molecule has 7 nitrogen and oxygen atoms in total. The molecule has 0 bridgehead atoms. The Labute approximate surface area is 182 Å². The summed E-state index contributed by atoms with van der Waals surface area (Å²) in [4.78, 5) is 18.1. The van der Waals surface area contributed by atoms with Gasteiger partial charge in [0.1, 0.15) is 23.0 Å². The zero-order chi connectivity index (χ0) is 22.1. The van der Waals surface area contributed by atoms with Crippen LogP contribution >= 0.6 is 0 Å². The molecule has 0 aliphatic carbocycles. The number of esters is 1. The Morgan fingerprint density at radius 3 is 2.29 bits per heavy atom. The number of hydrogen-bond acceptors (Lipinski definition) is 7. The van der Waals surface area contributed by atoms with Crippen molar-refractivity contribution in [2.45, 2.75) is 13.1 Å². The van der Waals surface area contributed by atoms with Crippen molar-refractivity contribution in [3.05, 3.63) is 78.1 Å². The van der Waals surface area contributed by atoms with Gasteiger partial charge in [-0.1, -0.05) is 18.2 Å². The van der Waals surface area contributed by atoms with Crippen molar-refractivity contribution < 1.29 is 23.7 Å². The molecule has 31 heavy (non-hydrogen) atoms. The molecule has 2 aromatic carbocycles. The van der Waals surface area contributed by atoms with Gasteiger partial charge in [-0.05, 0) is 35.9 Å². The van der Waals surface area contributed by atoms with Gasteiger partial charge in [-0.2, -0.15) is 0 Å². The standard InChI is InChI=1S/C24H26N2O5/c1-28-21-11-18(12-22(13-21)29-2)15-26(17-24(27)30-3)16-19-7-4-5-9-23(19)31-20-8-6-10-25-14-20/h4-14H,15-17H2,1-3H3. The van der Waals surface area contributed by atoms with Crippen LogP contribution in [-0.4, -0.2) is 43.7 Å². The number of aromatic nitrogens is 1. The van der Waals surface area contributed by atoms with Crippen molar-refractivity contribution in [1.29, 1.82) is 0 Å². The lowest BCUT2D eigenvalue weighted by atomic mass is 10.1. The molecule has 3 aromatic rings. The maximum atomic E-state index is 12.1. The zero-order valence-corrected chi connectivity index (χ0v) is 17.9. The number of hydrogen-bond donors (Lipinski definition) is 0. The predicted octanol–water partition coefficient (Wildman–Crippen LogP) is 4.07. The van der Waals surface area contributed by atoms with E-state index in [9.17, 15) is 4.79 Å². The number of ether oxygens (including phenoxy) is 4. The highest BCUT2D eigenvalue weighted by Crippen LogP contribution is 2.27. The summed E-state index contributed by atoms with van der Waals surface area (Å²) in [5, 5.41) is 0. The predicted molar refractivity (Wildman–Crippen MR) is 116 cm³/mol. The Kier molecular flexibility index (Phi) is 7.84. The minimum absolute atomic E-state index is 0.122. The first-order chi connectivity index (χ1) is 15.1. The second-order valence-electron chi connectivity index (χ2n) is 6.84. The quantitative estimate of drug-likeness (QED) is 0.456. The number of para-hydroxylation sites is 1. The maximum Gasteiger partial charge on any atom is 0.319 e. The first-order valence-electron chi connectivity index (χ1n) is 9.78. The Morgan fingerprint density at radius 1 is 0.903 bits per heavy atom.